The number of rotatable bonds is 7. The molecule has 47 heavy (non-hydrogen) atoms. The lowest BCUT2D eigenvalue weighted by molar-refractivity contribution is -0.188. The predicted octanol–water partition coefficient (Wildman–Crippen LogP) is 5.21. The predicted molar refractivity (Wildman–Crippen MR) is 180 cm³/mol. The Morgan fingerprint density at radius 2 is 1.81 bits per heavy atom. The molecule has 0 aliphatic carbocycles. The molecule has 3 aromatic rings. The van der Waals surface area contributed by atoms with Gasteiger partial charge in [-0.05, 0) is 73.2 Å². The van der Waals surface area contributed by atoms with Crippen molar-refractivity contribution in [2.24, 2.45) is 5.92 Å². The van der Waals surface area contributed by atoms with Crippen molar-refractivity contribution in [3.05, 3.63) is 51.3 Å². The highest BCUT2D eigenvalue weighted by Gasteiger charge is 2.51. The molecule has 0 spiro atoms. The van der Waals surface area contributed by atoms with Gasteiger partial charge < -0.3 is 29.2 Å². The molecular formula is C35H45N3O8Si. The van der Waals surface area contributed by atoms with E-state index in [2.05, 4.69) is 46.1 Å². The molecule has 0 fully saturated rings. The first kappa shape index (κ1) is 34.1. The van der Waals surface area contributed by atoms with E-state index in [0.717, 1.165) is 16.1 Å². The van der Waals surface area contributed by atoms with Gasteiger partial charge in [0.2, 0.25) is 5.60 Å². The minimum Gasteiger partial charge on any atom is -0.508 e. The molecule has 5 rings (SSSR count). The van der Waals surface area contributed by atoms with Gasteiger partial charge in [0.15, 0.2) is 0 Å². The Morgan fingerprint density at radius 3 is 2.43 bits per heavy atom. The van der Waals surface area contributed by atoms with Gasteiger partial charge >= 0.3 is 18.0 Å². The number of phenols is 1. The zero-order chi connectivity index (χ0) is 34.9. The summed E-state index contributed by atoms with van der Waals surface area (Å²) in [5.41, 5.74) is 0.184. The number of carbonyl (C=O) groups excluding carboxylic acids is 3. The van der Waals surface area contributed by atoms with Crippen LogP contribution >= 0.6 is 0 Å². The summed E-state index contributed by atoms with van der Waals surface area (Å²) in [7, 11) is -2.36. The van der Waals surface area contributed by atoms with Crippen LogP contribution in [0, 0.1) is 5.92 Å². The molecule has 0 saturated carbocycles. The number of nitrogens with zero attached hydrogens (tertiary/aromatic N) is 2. The third-order valence-corrected chi connectivity index (χ3v) is 16.0. The third kappa shape index (κ3) is 5.60. The van der Waals surface area contributed by atoms with Crippen molar-refractivity contribution in [2.45, 2.75) is 104 Å². The van der Waals surface area contributed by atoms with Gasteiger partial charge in [0.05, 0.1) is 37.1 Å². The zero-order valence-electron chi connectivity index (χ0n) is 28.9. The Labute approximate surface area is 275 Å². The molecule has 1 aromatic carbocycles. The van der Waals surface area contributed by atoms with E-state index in [1.807, 2.05) is 0 Å². The van der Waals surface area contributed by atoms with Crippen molar-refractivity contribution in [3.63, 3.8) is 0 Å². The highest BCUT2D eigenvalue weighted by Crippen LogP contribution is 2.47. The molecule has 12 heteroatoms. The van der Waals surface area contributed by atoms with Crippen LogP contribution < -0.4 is 16.1 Å². The SMILES string of the molecule is CC[C@@]1(OC(=O)CNC(=O)OC(C)(C)C)C(=O)OCc2c1cc1n(c2=O)Cc2c-1nc1ccc(O)cc1c2[Si](C)(C)C(C)(C)C(C)C. The number of hydrogen-bond acceptors (Lipinski definition) is 9. The van der Waals surface area contributed by atoms with Crippen LogP contribution in [0.5, 0.6) is 5.75 Å². The number of hydrogen-bond donors (Lipinski definition) is 2. The van der Waals surface area contributed by atoms with Crippen molar-refractivity contribution in [1.82, 2.24) is 14.9 Å². The molecule has 0 saturated heterocycles. The molecule has 252 valence electrons. The maximum absolute atomic E-state index is 14.2. The summed E-state index contributed by atoms with van der Waals surface area (Å²) < 4.78 is 18.1. The Kier molecular flexibility index (Phi) is 8.36. The number of nitrogens with one attached hydrogen (secondary N) is 1. The van der Waals surface area contributed by atoms with Crippen molar-refractivity contribution in [1.29, 1.82) is 0 Å². The largest absolute Gasteiger partial charge is 0.508 e. The van der Waals surface area contributed by atoms with Crippen LogP contribution in [0.25, 0.3) is 22.3 Å². The number of aromatic nitrogens is 2. The lowest BCUT2D eigenvalue weighted by Gasteiger charge is -2.45. The monoisotopic (exact) mass is 663 g/mol. The summed E-state index contributed by atoms with van der Waals surface area (Å²) in [6.45, 7) is 19.8. The minimum absolute atomic E-state index is 0.00897. The van der Waals surface area contributed by atoms with Crippen LogP contribution in [-0.2, 0) is 42.6 Å². The van der Waals surface area contributed by atoms with Gasteiger partial charge in [0.25, 0.3) is 5.56 Å². The highest BCUT2D eigenvalue weighted by molar-refractivity contribution is 6.94. The van der Waals surface area contributed by atoms with Crippen molar-refractivity contribution in [2.75, 3.05) is 6.54 Å². The summed E-state index contributed by atoms with van der Waals surface area (Å²) in [6, 6.07) is 6.88. The van der Waals surface area contributed by atoms with Crippen molar-refractivity contribution < 1.29 is 33.7 Å². The average molecular weight is 664 g/mol. The van der Waals surface area contributed by atoms with E-state index in [4.69, 9.17) is 19.2 Å². The molecule has 2 aromatic heterocycles. The number of amides is 1. The third-order valence-electron chi connectivity index (χ3n) is 10.4. The molecular weight excluding hydrogens is 618 g/mol. The first-order valence-electron chi connectivity index (χ1n) is 16.0. The molecule has 4 heterocycles. The molecule has 1 atom stereocenters. The minimum atomic E-state index is -2.36. The molecule has 11 nitrogen and oxygen atoms in total. The van der Waals surface area contributed by atoms with E-state index in [9.17, 15) is 24.3 Å². The van der Waals surface area contributed by atoms with Gasteiger partial charge in [-0.3, -0.25) is 9.59 Å². The second kappa shape index (κ2) is 11.5. The molecule has 2 aliphatic rings. The second-order valence-electron chi connectivity index (χ2n) is 14.9. The van der Waals surface area contributed by atoms with Crippen LogP contribution in [0.15, 0.2) is 29.1 Å². The average Bonchev–Trinajstić information content (AvgIpc) is 3.33. The Hall–Kier alpha value is -4.19. The van der Waals surface area contributed by atoms with Gasteiger partial charge in [-0.1, -0.05) is 47.7 Å². The lowest BCUT2D eigenvalue weighted by Crippen LogP contribution is -2.54. The van der Waals surface area contributed by atoms with Crippen LogP contribution in [-0.4, -0.2) is 52.9 Å². The Balaban J connectivity index is 1.67. The fourth-order valence-electron chi connectivity index (χ4n) is 6.67. The van der Waals surface area contributed by atoms with E-state index in [-0.39, 0.29) is 47.0 Å². The molecule has 1 amide bonds. The normalized spacial score (nSPS) is 17.6. The quantitative estimate of drug-likeness (QED) is 0.155. The van der Waals surface area contributed by atoms with Crippen LogP contribution in [0.2, 0.25) is 18.1 Å². The molecule has 0 radical (unpaired) electrons. The number of benzene rings is 1. The molecule has 0 bridgehead atoms. The summed E-state index contributed by atoms with van der Waals surface area (Å²) >= 11 is 0. The van der Waals surface area contributed by atoms with Crippen molar-refractivity contribution in [3.8, 4) is 17.1 Å². The first-order chi connectivity index (χ1) is 21.7. The number of cyclic esters (lactones) is 1. The Morgan fingerprint density at radius 1 is 1.13 bits per heavy atom. The number of alkyl carbamates (subject to hydrolysis) is 1. The number of fused-ring (bicyclic) bond motifs is 5. The van der Waals surface area contributed by atoms with Crippen molar-refractivity contribution >= 4 is 42.2 Å². The topological polar surface area (TPSA) is 146 Å². The highest BCUT2D eigenvalue weighted by atomic mass is 28.3. The maximum atomic E-state index is 14.2. The first-order valence-corrected chi connectivity index (χ1v) is 19.0. The zero-order valence-corrected chi connectivity index (χ0v) is 29.9. The summed E-state index contributed by atoms with van der Waals surface area (Å²) in [6.07, 6.45) is -0.820. The molecule has 0 unspecified atom stereocenters. The van der Waals surface area contributed by atoms with E-state index >= 15 is 0 Å². The fraction of sp³-hybridized carbons (Fsp3) is 0.514. The second-order valence-corrected chi connectivity index (χ2v) is 20.0. The fourth-order valence-corrected chi connectivity index (χ4v) is 10.6. The Bertz CT molecular complexity index is 1870. The summed E-state index contributed by atoms with van der Waals surface area (Å²) in [5, 5.41) is 14.8. The molecule has 2 aliphatic heterocycles. The van der Waals surface area contributed by atoms with Gasteiger partial charge in [0.1, 0.15) is 24.5 Å². The van der Waals surface area contributed by atoms with Gasteiger partial charge in [-0.2, -0.15) is 0 Å². The number of ether oxygens (including phenoxy) is 3. The smallest absolute Gasteiger partial charge is 0.408 e. The van der Waals surface area contributed by atoms with Gasteiger partial charge in [-0.15, -0.1) is 0 Å². The van der Waals surface area contributed by atoms with Gasteiger partial charge in [0, 0.05) is 10.9 Å². The van der Waals surface area contributed by atoms with Crippen LogP contribution in [0.1, 0.15) is 78.5 Å². The summed E-state index contributed by atoms with van der Waals surface area (Å²) in [4.78, 5) is 58.0. The van der Waals surface area contributed by atoms with Crippen LogP contribution in [0.4, 0.5) is 4.79 Å². The molecule has 2 N–H and O–H groups in total. The van der Waals surface area contributed by atoms with E-state index < -0.39 is 43.9 Å². The standard InChI is InChI=1S/C35H45N3O8Si/c1-11-35(45-27(40)16-36-32(43)46-33(4,5)6)24-15-26-28-22(17-38(26)30(41)23(24)18-44-31(35)42)29(47(9,10)34(7,8)19(2)3)21-14-20(39)12-13-25(21)37-28/h12-15,19,39H,11,16-18H2,1-10H3,(H,36,43)/t35-/m0/s1. The number of aromatic hydroxyl groups is 1. The van der Waals surface area contributed by atoms with E-state index in [1.165, 1.54) is 0 Å². The summed E-state index contributed by atoms with van der Waals surface area (Å²) in [5.74, 6) is -1.19. The number of esters is 2. The number of pyridine rings is 2. The number of phenolic OH excluding ortho intramolecular Hbond substituents is 1. The maximum Gasteiger partial charge on any atom is 0.408 e. The van der Waals surface area contributed by atoms with Gasteiger partial charge in [-0.25, -0.2) is 14.6 Å². The van der Waals surface area contributed by atoms with E-state index in [0.29, 0.717) is 22.8 Å². The van der Waals surface area contributed by atoms with Crippen LogP contribution in [0.3, 0.4) is 0 Å². The van der Waals surface area contributed by atoms with E-state index in [1.54, 1.807) is 56.5 Å². The number of carbonyl (C=O) groups is 3. The lowest BCUT2D eigenvalue weighted by atomic mass is 9.85.